The maximum absolute atomic E-state index is 11.9. The zero-order valence-corrected chi connectivity index (χ0v) is 13.3. The van der Waals surface area contributed by atoms with E-state index in [2.05, 4.69) is 4.74 Å². The Labute approximate surface area is 141 Å². The molecule has 0 bridgehead atoms. The molecule has 1 aromatic rings. The fourth-order valence-electron chi connectivity index (χ4n) is 1.57. The minimum absolute atomic E-state index is 0.0252. The van der Waals surface area contributed by atoms with Gasteiger partial charge in [-0.15, -0.1) is 0 Å². The molecule has 0 spiro atoms. The molecule has 0 saturated carbocycles. The maximum Gasteiger partial charge on any atom is 0.405 e. The fraction of sp³-hybridized carbons (Fsp3) is 0.400. The Balaban J connectivity index is 2.19. The molecule has 0 aliphatic rings. The van der Waals surface area contributed by atoms with Gasteiger partial charge in [0.2, 0.25) is 0 Å². The molecule has 25 heavy (non-hydrogen) atoms. The summed E-state index contributed by atoms with van der Waals surface area (Å²) in [5.74, 6) is -1.19. The third-order valence-corrected chi connectivity index (χ3v) is 2.72. The number of esters is 1. The SMILES string of the molecule is Cc1ccccc1OCCC(=O)OCC(=O)NC(=O)NCC(F)(F)F. The Morgan fingerprint density at radius 1 is 1.16 bits per heavy atom. The normalized spacial score (nSPS) is 10.7. The molecule has 1 aromatic carbocycles. The quantitative estimate of drug-likeness (QED) is 0.720. The minimum atomic E-state index is -4.59. The second-order valence-electron chi connectivity index (χ2n) is 4.87. The summed E-state index contributed by atoms with van der Waals surface area (Å²) in [7, 11) is 0. The first-order chi connectivity index (χ1) is 11.7. The smallest absolute Gasteiger partial charge is 0.405 e. The molecular formula is C15H17F3N2O5. The molecule has 7 nitrogen and oxygen atoms in total. The first kappa shape index (κ1) is 20.3. The van der Waals surface area contributed by atoms with Gasteiger partial charge in [-0.1, -0.05) is 18.2 Å². The van der Waals surface area contributed by atoms with Gasteiger partial charge in [0.1, 0.15) is 12.3 Å². The minimum Gasteiger partial charge on any atom is -0.493 e. The van der Waals surface area contributed by atoms with Crippen molar-refractivity contribution in [1.29, 1.82) is 0 Å². The first-order valence-electron chi connectivity index (χ1n) is 7.16. The molecule has 0 aliphatic carbocycles. The summed E-state index contributed by atoms with van der Waals surface area (Å²) >= 11 is 0. The monoisotopic (exact) mass is 362 g/mol. The van der Waals surface area contributed by atoms with E-state index in [-0.39, 0.29) is 13.0 Å². The van der Waals surface area contributed by atoms with E-state index in [1.807, 2.05) is 19.1 Å². The zero-order valence-electron chi connectivity index (χ0n) is 13.3. The average molecular weight is 362 g/mol. The molecule has 0 heterocycles. The summed E-state index contributed by atoms with van der Waals surface area (Å²) in [5, 5.41) is 3.04. The Bertz CT molecular complexity index is 619. The van der Waals surface area contributed by atoms with Crippen molar-refractivity contribution in [1.82, 2.24) is 10.6 Å². The Hall–Kier alpha value is -2.78. The number of rotatable bonds is 7. The Kier molecular flexibility index (Phi) is 7.70. The second-order valence-corrected chi connectivity index (χ2v) is 4.87. The molecule has 3 amide bonds. The number of aryl methyl sites for hydroxylation is 1. The number of alkyl halides is 3. The number of urea groups is 1. The van der Waals surface area contributed by atoms with Gasteiger partial charge in [0.15, 0.2) is 6.61 Å². The van der Waals surface area contributed by atoms with Crippen molar-refractivity contribution in [2.24, 2.45) is 0 Å². The lowest BCUT2D eigenvalue weighted by Gasteiger charge is -2.10. The lowest BCUT2D eigenvalue weighted by atomic mass is 10.2. The van der Waals surface area contributed by atoms with Crippen molar-refractivity contribution >= 4 is 17.9 Å². The van der Waals surface area contributed by atoms with E-state index < -0.39 is 37.2 Å². The van der Waals surface area contributed by atoms with Crippen molar-refractivity contribution in [3.05, 3.63) is 29.8 Å². The lowest BCUT2D eigenvalue weighted by molar-refractivity contribution is -0.148. The van der Waals surface area contributed by atoms with Crippen LogP contribution in [0.4, 0.5) is 18.0 Å². The van der Waals surface area contributed by atoms with Gasteiger partial charge in [0.05, 0.1) is 13.0 Å². The van der Waals surface area contributed by atoms with Gasteiger partial charge in [0, 0.05) is 0 Å². The molecule has 0 unspecified atom stereocenters. The van der Waals surface area contributed by atoms with E-state index in [0.717, 1.165) is 5.56 Å². The Morgan fingerprint density at radius 3 is 2.48 bits per heavy atom. The van der Waals surface area contributed by atoms with Crippen LogP contribution in [0.3, 0.4) is 0 Å². The van der Waals surface area contributed by atoms with Crippen LogP contribution in [0, 0.1) is 6.92 Å². The molecule has 0 aromatic heterocycles. The number of hydrogen-bond acceptors (Lipinski definition) is 5. The van der Waals surface area contributed by atoms with Gasteiger partial charge in [-0.2, -0.15) is 13.2 Å². The molecule has 138 valence electrons. The standard InChI is InChI=1S/C15H17F3N2O5/c1-10-4-2-3-5-11(10)24-7-6-13(22)25-8-12(21)20-14(23)19-9-15(16,17)18/h2-5H,6-9H2,1H3,(H2,19,20,21,23). The molecule has 1 rings (SSSR count). The van der Waals surface area contributed by atoms with Crippen LogP contribution in [0.1, 0.15) is 12.0 Å². The molecule has 0 aliphatic heterocycles. The van der Waals surface area contributed by atoms with Crippen LogP contribution in [0.25, 0.3) is 0 Å². The van der Waals surface area contributed by atoms with Crippen LogP contribution in [0.15, 0.2) is 24.3 Å². The van der Waals surface area contributed by atoms with Crippen molar-refractivity contribution < 1.29 is 37.0 Å². The number of amides is 3. The van der Waals surface area contributed by atoms with Gasteiger partial charge >= 0.3 is 18.2 Å². The summed E-state index contributed by atoms with van der Waals surface area (Å²) in [6.45, 7) is -0.510. The predicted molar refractivity (Wildman–Crippen MR) is 79.8 cm³/mol. The van der Waals surface area contributed by atoms with E-state index in [4.69, 9.17) is 4.74 Å². The van der Waals surface area contributed by atoms with Gasteiger partial charge in [0.25, 0.3) is 5.91 Å². The van der Waals surface area contributed by atoms with E-state index in [1.165, 1.54) is 5.32 Å². The number of halogens is 3. The van der Waals surface area contributed by atoms with Crippen LogP contribution < -0.4 is 15.4 Å². The predicted octanol–water partition coefficient (Wildman–Crippen LogP) is 1.70. The maximum atomic E-state index is 11.9. The number of carbonyl (C=O) groups is 3. The number of para-hydroxylation sites is 1. The zero-order chi connectivity index (χ0) is 18.9. The lowest BCUT2D eigenvalue weighted by Crippen LogP contribution is -2.44. The number of nitrogens with one attached hydrogen (secondary N) is 2. The van der Waals surface area contributed by atoms with Crippen molar-refractivity contribution in [2.75, 3.05) is 19.8 Å². The van der Waals surface area contributed by atoms with Gasteiger partial charge < -0.3 is 14.8 Å². The molecule has 0 fully saturated rings. The van der Waals surface area contributed by atoms with Crippen molar-refractivity contribution in [3.8, 4) is 5.75 Å². The van der Waals surface area contributed by atoms with Gasteiger partial charge in [-0.25, -0.2) is 4.79 Å². The highest BCUT2D eigenvalue weighted by Crippen LogP contribution is 2.16. The van der Waals surface area contributed by atoms with E-state index in [1.54, 1.807) is 17.4 Å². The molecule has 0 saturated heterocycles. The van der Waals surface area contributed by atoms with Crippen LogP contribution in [0.5, 0.6) is 5.75 Å². The van der Waals surface area contributed by atoms with Crippen molar-refractivity contribution in [2.45, 2.75) is 19.5 Å². The fourth-order valence-corrected chi connectivity index (χ4v) is 1.57. The van der Waals surface area contributed by atoms with Crippen LogP contribution in [-0.4, -0.2) is 43.8 Å². The van der Waals surface area contributed by atoms with Crippen LogP contribution in [-0.2, 0) is 14.3 Å². The van der Waals surface area contributed by atoms with Crippen molar-refractivity contribution in [3.63, 3.8) is 0 Å². The largest absolute Gasteiger partial charge is 0.493 e. The average Bonchev–Trinajstić information content (AvgIpc) is 2.52. The second kappa shape index (κ2) is 9.50. The highest BCUT2D eigenvalue weighted by atomic mass is 19.4. The summed E-state index contributed by atoms with van der Waals surface area (Å²) < 4.78 is 45.5. The molecule has 10 heteroatoms. The topological polar surface area (TPSA) is 93.7 Å². The molecular weight excluding hydrogens is 345 g/mol. The molecule has 0 atom stereocenters. The number of ether oxygens (including phenoxy) is 2. The summed E-state index contributed by atoms with van der Waals surface area (Å²) in [6, 6.07) is 5.84. The van der Waals surface area contributed by atoms with Crippen LogP contribution in [0.2, 0.25) is 0 Å². The third-order valence-electron chi connectivity index (χ3n) is 2.72. The Morgan fingerprint density at radius 2 is 1.84 bits per heavy atom. The summed E-state index contributed by atoms with van der Waals surface area (Å²) in [5.41, 5.74) is 0.889. The number of hydrogen-bond donors (Lipinski definition) is 2. The molecule has 0 radical (unpaired) electrons. The van der Waals surface area contributed by atoms with E-state index >= 15 is 0 Å². The summed E-state index contributed by atoms with van der Waals surface area (Å²) in [4.78, 5) is 33.7. The molecule has 2 N–H and O–H groups in total. The van der Waals surface area contributed by atoms with Crippen LogP contribution >= 0.6 is 0 Å². The number of carbonyl (C=O) groups excluding carboxylic acids is 3. The summed E-state index contributed by atoms with van der Waals surface area (Å²) in [6.07, 6.45) is -4.73. The van der Waals surface area contributed by atoms with E-state index in [0.29, 0.717) is 5.75 Å². The van der Waals surface area contributed by atoms with Gasteiger partial charge in [-0.3, -0.25) is 14.9 Å². The van der Waals surface area contributed by atoms with Gasteiger partial charge in [-0.05, 0) is 18.6 Å². The highest BCUT2D eigenvalue weighted by Gasteiger charge is 2.28. The third kappa shape index (κ3) is 9.18. The van der Waals surface area contributed by atoms with E-state index in [9.17, 15) is 27.6 Å². The highest BCUT2D eigenvalue weighted by molar-refractivity contribution is 5.95. The first-order valence-corrected chi connectivity index (χ1v) is 7.16. The number of imide groups is 1. The number of benzene rings is 1.